The lowest BCUT2D eigenvalue weighted by Crippen LogP contribution is -2.20. The number of Topliss-reactive ketones (excluding diaryl/α,β-unsaturated/α-hetero) is 1. The number of hydrogen-bond donors (Lipinski definition) is 1. The summed E-state index contributed by atoms with van der Waals surface area (Å²) in [5.41, 5.74) is 1.51. The smallest absolute Gasteiger partial charge is 0.266 e. The number of hydrogen-bond acceptors (Lipinski definition) is 6. The summed E-state index contributed by atoms with van der Waals surface area (Å²) in [7, 11) is 1.51. The maximum Gasteiger partial charge on any atom is 0.266 e. The Morgan fingerprint density at radius 3 is 2.73 bits per heavy atom. The number of aromatic nitrogens is 4. The third-order valence-electron chi connectivity index (χ3n) is 3.82. The van der Waals surface area contributed by atoms with Gasteiger partial charge in [0.05, 0.1) is 24.4 Å². The summed E-state index contributed by atoms with van der Waals surface area (Å²) in [6, 6.07) is 8.56. The zero-order valence-corrected chi connectivity index (χ0v) is 13.9. The van der Waals surface area contributed by atoms with E-state index >= 15 is 0 Å². The van der Waals surface area contributed by atoms with Crippen molar-refractivity contribution in [1.82, 2.24) is 19.7 Å². The Morgan fingerprint density at radius 1 is 1.19 bits per heavy atom. The molecular formula is C18H15FN4O3. The van der Waals surface area contributed by atoms with E-state index in [-0.39, 0.29) is 29.0 Å². The van der Waals surface area contributed by atoms with E-state index in [1.807, 2.05) is 0 Å². The summed E-state index contributed by atoms with van der Waals surface area (Å²) < 4.78 is 14.7. The first-order chi connectivity index (χ1) is 12.5. The number of rotatable bonds is 5. The number of aliphatic hydroxyl groups excluding tert-OH is 1. The van der Waals surface area contributed by atoms with Crippen molar-refractivity contribution in [3.8, 4) is 11.3 Å². The second-order valence-corrected chi connectivity index (χ2v) is 5.64. The molecule has 0 saturated heterocycles. The lowest BCUT2D eigenvalue weighted by molar-refractivity contribution is 0.0986. The predicted octanol–water partition coefficient (Wildman–Crippen LogP) is 1.29. The van der Waals surface area contributed by atoms with Gasteiger partial charge < -0.3 is 5.11 Å². The minimum absolute atomic E-state index is 0.0180. The molecule has 1 N–H and O–H groups in total. The fraction of sp³-hybridized carbons (Fsp3) is 0.167. The van der Waals surface area contributed by atoms with E-state index in [1.165, 1.54) is 49.8 Å². The Labute approximate surface area is 147 Å². The van der Waals surface area contributed by atoms with Gasteiger partial charge in [-0.25, -0.2) is 19.0 Å². The molecule has 132 valence electrons. The van der Waals surface area contributed by atoms with Crippen LogP contribution in [0, 0.1) is 5.82 Å². The average molecular weight is 354 g/mol. The highest BCUT2D eigenvalue weighted by atomic mass is 19.1. The van der Waals surface area contributed by atoms with Crippen molar-refractivity contribution in [3.63, 3.8) is 0 Å². The summed E-state index contributed by atoms with van der Waals surface area (Å²) in [5.74, 6) is -0.799. The lowest BCUT2D eigenvalue weighted by atomic mass is 10.1. The molecule has 2 aromatic heterocycles. The van der Waals surface area contributed by atoms with Crippen LogP contribution in [0.3, 0.4) is 0 Å². The highest BCUT2D eigenvalue weighted by molar-refractivity contribution is 5.96. The Bertz CT molecular complexity index is 1030. The molecule has 0 unspecified atom stereocenters. The molecule has 0 aliphatic carbocycles. The van der Waals surface area contributed by atoms with Crippen molar-refractivity contribution in [2.24, 2.45) is 7.05 Å². The molecule has 0 radical (unpaired) electrons. The normalized spacial score (nSPS) is 10.7. The SMILES string of the molecule is Cn1nc(CC(=O)c2cc(-c3ccc(F)c(CO)c3)ncn2)ccc1=O. The molecule has 0 amide bonds. The third-order valence-corrected chi connectivity index (χ3v) is 3.82. The zero-order chi connectivity index (χ0) is 18.7. The van der Waals surface area contributed by atoms with Crippen LogP contribution in [0.25, 0.3) is 11.3 Å². The summed E-state index contributed by atoms with van der Waals surface area (Å²) in [6.07, 6.45) is 1.23. The van der Waals surface area contributed by atoms with E-state index in [0.29, 0.717) is 17.0 Å². The Kier molecular flexibility index (Phi) is 4.94. The van der Waals surface area contributed by atoms with Crippen LogP contribution in [0.4, 0.5) is 4.39 Å². The van der Waals surface area contributed by atoms with Gasteiger partial charge in [-0.2, -0.15) is 5.10 Å². The Balaban J connectivity index is 1.87. The van der Waals surface area contributed by atoms with Gasteiger partial charge in [0, 0.05) is 24.2 Å². The monoisotopic (exact) mass is 354 g/mol. The number of ketones is 1. The van der Waals surface area contributed by atoms with Crippen LogP contribution in [-0.4, -0.2) is 30.6 Å². The molecule has 0 saturated carbocycles. The molecule has 0 aliphatic rings. The largest absolute Gasteiger partial charge is 0.392 e. The van der Waals surface area contributed by atoms with Gasteiger partial charge in [0.15, 0.2) is 5.78 Å². The second kappa shape index (κ2) is 7.32. The van der Waals surface area contributed by atoms with Gasteiger partial charge in [-0.3, -0.25) is 9.59 Å². The Hall–Kier alpha value is -3.26. The molecule has 26 heavy (non-hydrogen) atoms. The third kappa shape index (κ3) is 3.70. The minimum Gasteiger partial charge on any atom is -0.392 e. The summed E-state index contributed by atoms with van der Waals surface area (Å²) in [6.45, 7) is -0.436. The van der Waals surface area contributed by atoms with E-state index in [1.54, 1.807) is 0 Å². The molecule has 0 spiro atoms. The van der Waals surface area contributed by atoms with Gasteiger partial charge in [-0.05, 0) is 30.3 Å². The predicted molar refractivity (Wildman–Crippen MR) is 90.9 cm³/mol. The quantitative estimate of drug-likeness (QED) is 0.694. The van der Waals surface area contributed by atoms with Crippen LogP contribution in [0.5, 0.6) is 0 Å². The fourth-order valence-corrected chi connectivity index (χ4v) is 2.42. The molecule has 0 bridgehead atoms. The Morgan fingerprint density at radius 2 is 2.00 bits per heavy atom. The minimum atomic E-state index is -0.512. The first-order valence-corrected chi connectivity index (χ1v) is 7.76. The molecular weight excluding hydrogens is 339 g/mol. The highest BCUT2D eigenvalue weighted by Gasteiger charge is 2.13. The van der Waals surface area contributed by atoms with Crippen molar-refractivity contribution in [2.75, 3.05) is 0 Å². The van der Waals surface area contributed by atoms with E-state index in [2.05, 4.69) is 15.1 Å². The van der Waals surface area contributed by atoms with E-state index in [4.69, 9.17) is 0 Å². The molecule has 8 heteroatoms. The number of aliphatic hydroxyl groups is 1. The summed E-state index contributed by atoms with van der Waals surface area (Å²) in [4.78, 5) is 31.9. The fourth-order valence-electron chi connectivity index (χ4n) is 2.42. The van der Waals surface area contributed by atoms with E-state index in [0.717, 1.165) is 4.68 Å². The number of aryl methyl sites for hydroxylation is 1. The van der Waals surface area contributed by atoms with E-state index in [9.17, 15) is 19.1 Å². The molecule has 2 heterocycles. The van der Waals surface area contributed by atoms with Crippen LogP contribution in [0.15, 0.2) is 47.5 Å². The van der Waals surface area contributed by atoms with Crippen molar-refractivity contribution in [2.45, 2.75) is 13.0 Å². The van der Waals surface area contributed by atoms with Gasteiger partial charge in [0.1, 0.15) is 17.8 Å². The van der Waals surface area contributed by atoms with Gasteiger partial charge in [0.2, 0.25) is 0 Å². The summed E-state index contributed by atoms with van der Waals surface area (Å²) >= 11 is 0. The van der Waals surface area contributed by atoms with Crippen LogP contribution in [0.2, 0.25) is 0 Å². The van der Waals surface area contributed by atoms with Crippen molar-refractivity contribution >= 4 is 5.78 Å². The molecule has 0 fully saturated rings. The van der Waals surface area contributed by atoms with E-state index < -0.39 is 12.4 Å². The van der Waals surface area contributed by atoms with Gasteiger partial charge in [-0.1, -0.05) is 0 Å². The maximum atomic E-state index is 13.5. The number of carbonyl (C=O) groups is 1. The molecule has 7 nitrogen and oxygen atoms in total. The topological polar surface area (TPSA) is 98.0 Å². The number of benzene rings is 1. The first-order valence-electron chi connectivity index (χ1n) is 7.76. The van der Waals surface area contributed by atoms with Crippen LogP contribution in [0.1, 0.15) is 21.7 Å². The molecule has 3 aromatic rings. The number of nitrogens with zero attached hydrogens (tertiary/aromatic N) is 4. The standard InChI is InChI=1S/C18H15FN4O3/c1-23-18(26)5-3-13(22-23)7-17(25)16-8-15(20-10-21-16)11-2-4-14(19)12(6-11)9-24/h2-6,8,10,24H,7,9H2,1H3. The van der Waals surface area contributed by atoms with Gasteiger partial charge in [0.25, 0.3) is 5.56 Å². The zero-order valence-electron chi connectivity index (χ0n) is 13.9. The summed E-state index contributed by atoms with van der Waals surface area (Å²) in [5, 5.41) is 13.2. The molecule has 0 atom stereocenters. The van der Waals surface area contributed by atoms with Gasteiger partial charge >= 0.3 is 0 Å². The number of halogens is 1. The second-order valence-electron chi connectivity index (χ2n) is 5.64. The maximum absolute atomic E-state index is 13.5. The van der Waals surface area contributed by atoms with Gasteiger partial charge in [-0.15, -0.1) is 0 Å². The molecule has 3 rings (SSSR count). The van der Waals surface area contributed by atoms with Crippen LogP contribution < -0.4 is 5.56 Å². The lowest BCUT2D eigenvalue weighted by Gasteiger charge is -2.06. The highest BCUT2D eigenvalue weighted by Crippen LogP contribution is 2.21. The molecule has 0 aliphatic heterocycles. The average Bonchev–Trinajstić information content (AvgIpc) is 2.65. The number of carbonyl (C=O) groups excluding carboxylic acids is 1. The van der Waals surface area contributed by atoms with Crippen LogP contribution in [-0.2, 0) is 20.1 Å². The first kappa shape index (κ1) is 17.6. The van der Waals surface area contributed by atoms with Crippen LogP contribution >= 0.6 is 0 Å². The van der Waals surface area contributed by atoms with Crippen molar-refractivity contribution < 1.29 is 14.3 Å². The van der Waals surface area contributed by atoms with Crippen molar-refractivity contribution in [3.05, 3.63) is 75.8 Å². The molecule has 1 aromatic carbocycles. The van der Waals surface area contributed by atoms with Crippen molar-refractivity contribution in [1.29, 1.82) is 0 Å².